The van der Waals surface area contributed by atoms with E-state index in [0.29, 0.717) is 92.2 Å². The molecule has 54 heavy (non-hydrogen) atoms. The van der Waals surface area contributed by atoms with Crippen molar-refractivity contribution in [3.63, 3.8) is 0 Å². The van der Waals surface area contributed by atoms with E-state index in [9.17, 15) is 36.0 Å². The van der Waals surface area contributed by atoms with Gasteiger partial charge >= 0.3 is 5.89 Å². The summed E-state index contributed by atoms with van der Waals surface area (Å²) in [4.78, 5) is 12.9. The van der Waals surface area contributed by atoms with Crippen molar-refractivity contribution in [3.05, 3.63) is 72.4 Å². The molecule has 0 spiro atoms. The minimum atomic E-state index is -4.75. The highest BCUT2D eigenvalue weighted by Crippen LogP contribution is 2.45. The van der Waals surface area contributed by atoms with Gasteiger partial charge in [-0.3, -0.25) is 5.04 Å². The number of benzene rings is 4. The lowest BCUT2D eigenvalue weighted by Gasteiger charge is -2.18. The number of hydrogen-bond acceptors (Lipinski definition) is 16. The van der Waals surface area contributed by atoms with Crippen LogP contribution < -0.4 is 19.5 Å². The lowest BCUT2D eigenvalue weighted by molar-refractivity contribution is -0.777. The highest BCUT2D eigenvalue weighted by atomic mass is 32.2. The fourth-order valence-electron chi connectivity index (χ4n) is 6.64. The molecule has 4 heterocycles. The summed E-state index contributed by atoms with van der Waals surface area (Å²) in [7, 11) is -9.28. The Kier molecular flexibility index (Phi) is 9.35. The first kappa shape index (κ1) is 36.0. The molecule has 19 heteroatoms. The van der Waals surface area contributed by atoms with Gasteiger partial charge in [0.05, 0.1) is 38.8 Å². The third kappa shape index (κ3) is 6.91. The van der Waals surface area contributed by atoms with E-state index in [2.05, 4.69) is 9.37 Å². The van der Waals surface area contributed by atoms with Gasteiger partial charge in [0.1, 0.15) is 44.8 Å². The number of unbranched alkanes of at least 4 members (excludes halogenated alkanes) is 2. The molecule has 0 atom stereocenters. The number of fused-ring (bicyclic) bond motifs is 8. The molecule has 280 valence electrons. The summed E-state index contributed by atoms with van der Waals surface area (Å²) >= 11 is 0.745. The number of anilines is 1. The van der Waals surface area contributed by atoms with E-state index in [1.807, 2.05) is 16.7 Å². The smallest absolute Gasteiger partial charge is 0.379 e. The zero-order valence-corrected chi connectivity index (χ0v) is 30.2. The third-order valence-electron chi connectivity index (χ3n) is 9.01. The molecular weight excluding hydrogens is 769 g/mol. The van der Waals surface area contributed by atoms with Crippen molar-refractivity contribution < 1.29 is 67.9 Å². The Morgan fingerprint density at radius 3 is 2.26 bits per heavy atom. The molecule has 1 aliphatic rings. The van der Waals surface area contributed by atoms with Gasteiger partial charge in [0, 0.05) is 57.6 Å². The van der Waals surface area contributed by atoms with Gasteiger partial charge in [-0.1, -0.05) is 0 Å². The fraction of sp³-hybridized carbons (Fsp3) is 0.200. The van der Waals surface area contributed by atoms with Gasteiger partial charge in [-0.15, -0.1) is 0 Å². The van der Waals surface area contributed by atoms with E-state index in [0.717, 1.165) is 35.2 Å². The fourth-order valence-corrected chi connectivity index (χ4v) is 8.02. The molecule has 0 amide bonds. The van der Waals surface area contributed by atoms with Crippen LogP contribution in [0.25, 0.3) is 61.1 Å². The van der Waals surface area contributed by atoms with Crippen LogP contribution in [0.3, 0.4) is 0 Å². The molecule has 0 radical (unpaired) electrons. The van der Waals surface area contributed by atoms with E-state index in [-0.39, 0.29) is 18.8 Å². The molecule has 0 N–H and O–H groups in total. The van der Waals surface area contributed by atoms with Crippen LogP contribution in [0.5, 0.6) is 5.75 Å². The number of aldehydes is 1. The van der Waals surface area contributed by atoms with Crippen molar-refractivity contribution in [2.45, 2.75) is 42.0 Å². The molecule has 3 aromatic heterocycles. The molecule has 7 aromatic rings. The van der Waals surface area contributed by atoms with Crippen molar-refractivity contribution in [1.29, 1.82) is 0 Å². The number of aromatic nitrogens is 1. The number of hydrogen-bond donors (Lipinski definition) is 0. The van der Waals surface area contributed by atoms with Crippen LogP contribution in [0.4, 0.5) is 5.69 Å². The first-order valence-electron chi connectivity index (χ1n) is 16.4. The Labute approximate surface area is 309 Å². The number of ether oxygens (including phenoxy) is 1. The van der Waals surface area contributed by atoms with Crippen LogP contribution in [0.1, 0.15) is 31.6 Å². The third-order valence-corrected chi connectivity index (χ3v) is 11.2. The number of aryl methyl sites for hydroxylation is 1. The van der Waals surface area contributed by atoms with Crippen LogP contribution in [0, 0.1) is 0 Å². The molecule has 0 saturated heterocycles. The van der Waals surface area contributed by atoms with Crippen molar-refractivity contribution in [2.24, 2.45) is 0 Å². The van der Waals surface area contributed by atoms with Crippen LogP contribution in [0.2, 0.25) is 0 Å². The van der Waals surface area contributed by atoms with E-state index >= 15 is 0 Å². The summed E-state index contributed by atoms with van der Waals surface area (Å²) in [5, 5.41) is 16.1. The number of carbonyl (C=O) groups is 1. The maximum absolute atomic E-state index is 11.8. The van der Waals surface area contributed by atoms with Gasteiger partial charge in [-0.05, 0) is 61.4 Å². The van der Waals surface area contributed by atoms with Crippen LogP contribution in [0.15, 0.2) is 89.6 Å². The lowest BCUT2D eigenvalue weighted by Crippen LogP contribution is -2.36. The van der Waals surface area contributed by atoms with Gasteiger partial charge in [0.15, 0.2) is 12.3 Å². The average molecular weight is 795 g/mol. The van der Waals surface area contributed by atoms with Gasteiger partial charge in [-0.25, -0.2) is 16.8 Å². The maximum atomic E-state index is 11.8. The van der Waals surface area contributed by atoms with Crippen molar-refractivity contribution in [3.8, 4) is 5.75 Å². The number of rotatable bonds is 14. The Balaban J connectivity index is 1.25. The average Bonchev–Trinajstić information content (AvgIpc) is 3.86. The molecule has 0 fully saturated rings. The Bertz CT molecular complexity index is 2870. The Hall–Kier alpha value is -4.99. The van der Waals surface area contributed by atoms with E-state index < -0.39 is 30.9 Å². The van der Waals surface area contributed by atoms with E-state index in [1.54, 1.807) is 41.3 Å². The maximum Gasteiger partial charge on any atom is 0.379 e. The molecular formula is C35H26N2O14S3-2. The second kappa shape index (κ2) is 14.0. The highest BCUT2D eigenvalue weighted by Gasteiger charge is 2.32. The summed E-state index contributed by atoms with van der Waals surface area (Å²) in [6, 6.07) is 15.9. The Morgan fingerprint density at radius 2 is 1.52 bits per heavy atom. The van der Waals surface area contributed by atoms with Gasteiger partial charge in [0.25, 0.3) is 5.52 Å². The number of furan rings is 2. The summed E-state index contributed by atoms with van der Waals surface area (Å²) in [5.41, 5.74) is 3.44. The largest absolute Gasteiger partial charge is 0.748 e. The van der Waals surface area contributed by atoms with Crippen molar-refractivity contribution in [1.82, 2.24) is 0 Å². The molecule has 0 aliphatic carbocycles. The number of oxazole rings is 1. The van der Waals surface area contributed by atoms with Crippen LogP contribution in [-0.2, 0) is 40.9 Å². The van der Waals surface area contributed by atoms with Gasteiger partial charge < -0.3 is 42.0 Å². The summed E-state index contributed by atoms with van der Waals surface area (Å²) < 4.78 is 101. The van der Waals surface area contributed by atoms with Gasteiger partial charge in [0.2, 0.25) is 11.5 Å². The van der Waals surface area contributed by atoms with E-state index in [1.165, 1.54) is 12.1 Å². The summed E-state index contributed by atoms with van der Waals surface area (Å²) in [6.45, 7) is 0.481. The van der Waals surface area contributed by atoms with Crippen LogP contribution in [-0.4, -0.2) is 44.5 Å². The number of nitrogens with zero attached hydrogens (tertiary/aromatic N) is 2. The Morgan fingerprint density at radius 1 is 0.796 bits per heavy atom. The molecule has 4 aromatic carbocycles. The van der Waals surface area contributed by atoms with E-state index in [4.69, 9.17) is 18.0 Å². The standard InChI is InChI=1S/C35H28N2O14S3/c38-11-3-1-2-9-36-26-17-30-24(22-13-20(52-51-50-39)5-7-28(22)46-30)15-32(26)48-34(36)19-35-37(10-4-12-53(40,41)42)27-18-31-25(16-33(27)49-35)23-14-21(54(43,44)45)6-8-29(23)47-31/h5-8,11,13-19H,1-4,9-10,12H2,(H2-,39,40,41,42,43,44,45)/p-2. The number of carbonyl (C=O) groups excluding carboxylic acids is 1. The highest BCUT2D eigenvalue weighted by molar-refractivity contribution is 7.94. The quantitative estimate of drug-likeness (QED) is 0.0263. The minimum Gasteiger partial charge on any atom is -0.748 e. The first-order valence-corrected chi connectivity index (χ1v) is 20.1. The van der Waals surface area contributed by atoms with Crippen LogP contribution >= 0.6 is 12.0 Å². The second-order valence-corrected chi connectivity index (χ2v) is 16.1. The molecule has 0 saturated carbocycles. The summed E-state index contributed by atoms with van der Waals surface area (Å²) in [5.74, 6) is 0.254. The minimum absolute atomic E-state index is 0.0452. The molecule has 1 aliphatic heterocycles. The predicted molar refractivity (Wildman–Crippen MR) is 188 cm³/mol. The zero-order valence-electron chi connectivity index (χ0n) is 27.7. The van der Waals surface area contributed by atoms with Crippen molar-refractivity contribution >= 4 is 105 Å². The molecule has 8 rings (SSSR count). The monoisotopic (exact) mass is 794 g/mol. The second-order valence-electron chi connectivity index (χ2n) is 12.4. The van der Waals surface area contributed by atoms with Gasteiger partial charge in [-0.2, -0.15) is 8.90 Å². The normalized spacial score (nSPS) is 14.4. The molecule has 0 unspecified atom stereocenters. The first-order chi connectivity index (χ1) is 25.9. The molecule has 16 nitrogen and oxygen atoms in total. The lowest BCUT2D eigenvalue weighted by atomic mass is 10.1. The zero-order chi connectivity index (χ0) is 37.8. The SMILES string of the molecule is O=CCCCC[n+]1c(C=C2Oc3cc4c(cc3N2CCCS(=O)(=O)[O-])oc2ccc(S(=O)(=O)[O-])cc24)oc2cc3c(cc21)oc1ccc(SOO[O-])cc13. The summed E-state index contributed by atoms with van der Waals surface area (Å²) in [6.07, 6.45) is 4.03. The van der Waals surface area contributed by atoms with Crippen molar-refractivity contribution in [2.75, 3.05) is 17.2 Å². The predicted octanol–water partition coefficient (Wildman–Crippen LogP) is 5.16. The molecule has 0 bridgehead atoms. The topological polar surface area (TPSA) is 229 Å².